The van der Waals surface area contributed by atoms with E-state index in [0.29, 0.717) is 36.5 Å². The van der Waals surface area contributed by atoms with Crippen molar-refractivity contribution in [2.45, 2.75) is 6.42 Å². The highest BCUT2D eigenvalue weighted by atomic mass is 31.2. The van der Waals surface area contributed by atoms with Crippen molar-refractivity contribution in [1.29, 1.82) is 0 Å². The van der Waals surface area contributed by atoms with Crippen LogP contribution in [0.4, 0.5) is 17.1 Å². The Morgan fingerprint density at radius 1 is 0.943 bits per heavy atom. The van der Waals surface area contributed by atoms with Crippen LogP contribution in [0.25, 0.3) is 0 Å². The van der Waals surface area contributed by atoms with Crippen LogP contribution in [0.3, 0.4) is 0 Å². The van der Waals surface area contributed by atoms with Crippen LogP contribution in [0, 0.1) is 0 Å². The fraction of sp³-hybridized carbons (Fsp3) is 0.192. The molecule has 0 heterocycles. The number of hydrogen-bond donors (Lipinski definition) is 2. The molecular weight excluding hydrogens is 461 g/mol. The summed E-state index contributed by atoms with van der Waals surface area (Å²) in [6, 6.07) is 23.6. The van der Waals surface area contributed by atoms with Gasteiger partial charge in [0.1, 0.15) is 5.75 Å². The first-order valence-corrected chi connectivity index (χ1v) is 12.9. The van der Waals surface area contributed by atoms with Crippen LogP contribution in [-0.4, -0.2) is 33.1 Å². The first kappa shape index (κ1) is 25.9. The maximum Gasteiger partial charge on any atom is 0.339 e. The number of azo groups is 1. The molecule has 0 saturated heterocycles. The van der Waals surface area contributed by atoms with Gasteiger partial charge in [-0.25, -0.2) is 5.09 Å². The molecule has 8 nitrogen and oxygen atoms in total. The molecule has 35 heavy (non-hydrogen) atoms. The highest BCUT2D eigenvalue weighted by Crippen LogP contribution is 2.43. The Bertz CT molecular complexity index is 1180. The van der Waals surface area contributed by atoms with Crippen LogP contribution in [-0.2, 0) is 4.57 Å². The molecule has 0 radical (unpaired) electrons. The zero-order valence-corrected chi connectivity index (χ0v) is 20.8. The second-order valence-electron chi connectivity index (χ2n) is 7.86. The average molecular weight is 492 g/mol. The van der Waals surface area contributed by atoms with Crippen molar-refractivity contribution >= 4 is 30.5 Å². The molecule has 0 saturated carbocycles. The van der Waals surface area contributed by atoms with E-state index in [1.807, 2.05) is 49.3 Å². The number of benzene rings is 3. The maximum atomic E-state index is 12.7. The van der Waals surface area contributed by atoms with Crippen molar-refractivity contribution in [3.8, 4) is 5.75 Å². The Hall–Kier alpha value is -3.74. The van der Waals surface area contributed by atoms with Gasteiger partial charge in [-0.3, -0.25) is 9.36 Å². The molecule has 182 valence electrons. The molecule has 2 N–H and O–H groups in total. The number of para-hydroxylation sites is 1. The molecule has 9 heteroatoms. The largest absolute Gasteiger partial charge is 0.430 e. The molecule has 1 unspecified atom stereocenters. The summed E-state index contributed by atoms with van der Waals surface area (Å²) >= 11 is 0. The molecule has 3 rings (SSSR count). The lowest BCUT2D eigenvalue weighted by molar-refractivity contribution is 0.0953. The van der Waals surface area contributed by atoms with Crippen molar-refractivity contribution in [3.63, 3.8) is 0 Å². The molecule has 0 bridgehead atoms. The van der Waals surface area contributed by atoms with Crippen LogP contribution in [0.15, 0.2) is 101 Å². The lowest BCUT2D eigenvalue weighted by atomic mass is 10.2. The smallest absolute Gasteiger partial charge is 0.339 e. The molecule has 0 aromatic heterocycles. The minimum absolute atomic E-state index is 0.194. The summed E-state index contributed by atoms with van der Waals surface area (Å²) in [5.74, 6) is 1.60. The number of rotatable bonds is 12. The van der Waals surface area contributed by atoms with Gasteiger partial charge in [-0.2, -0.15) is 10.2 Å². The SMILES string of the molecule is C=CP(=O)(NCCCNC(=O)c1ccc(/N=N/c2ccc(N(C)C)cc2)cc1)Oc1ccccc1. The Morgan fingerprint density at radius 3 is 2.11 bits per heavy atom. The molecule has 1 amide bonds. The molecule has 0 fully saturated rings. The molecule has 0 spiro atoms. The minimum atomic E-state index is -3.21. The van der Waals surface area contributed by atoms with Gasteiger partial charge in [0.2, 0.25) is 0 Å². The van der Waals surface area contributed by atoms with E-state index in [1.54, 1.807) is 48.5 Å². The zero-order valence-electron chi connectivity index (χ0n) is 19.9. The predicted octanol–water partition coefficient (Wildman–Crippen LogP) is 6.29. The summed E-state index contributed by atoms with van der Waals surface area (Å²) in [4.78, 5) is 14.4. The third-order valence-electron chi connectivity index (χ3n) is 4.97. The van der Waals surface area contributed by atoms with Gasteiger partial charge in [0.05, 0.1) is 11.4 Å². The number of anilines is 1. The second kappa shape index (κ2) is 12.6. The maximum absolute atomic E-state index is 12.7. The summed E-state index contributed by atoms with van der Waals surface area (Å²) < 4.78 is 18.3. The van der Waals surface area contributed by atoms with Gasteiger partial charge in [-0.1, -0.05) is 24.8 Å². The summed E-state index contributed by atoms with van der Waals surface area (Å²) in [5.41, 5.74) is 3.02. The zero-order chi connectivity index (χ0) is 25.1. The van der Waals surface area contributed by atoms with E-state index < -0.39 is 7.52 Å². The topological polar surface area (TPSA) is 95.4 Å². The van der Waals surface area contributed by atoms with E-state index in [9.17, 15) is 9.36 Å². The normalized spacial score (nSPS) is 12.6. The van der Waals surface area contributed by atoms with Crippen molar-refractivity contribution in [2.75, 3.05) is 32.1 Å². The van der Waals surface area contributed by atoms with E-state index in [0.717, 1.165) is 11.4 Å². The fourth-order valence-electron chi connectivity index (χ4n) is 3.01. The monoisotopic (exact) mass is 491 g/mol. The Labute approximate surface area is 206 Å². The van der Waals surface area contributed by atoms with E-state index >= 15 is 0 Å². The number of nitrogens with zero attached hydrogens (tertiary/aromatic N) is 3. The number of amides is 1. The molecule has 0 aliphatic heterocycles. The lowest BCUT2D eigenvalue weighted by Crippen LogP contribution is -2.27. The summed E-state index contributed by atoms with van der Waals surface area (Å²) in [6.07, 6.45) is 0.570. The fourth-order valence-corrected chi connectivity index (χ4v) is 4.18. The van der Waals surface area contributed by atoms with Crippen LogP contribution in [0.1, 0.15) is 16.8 Å². The van der Waals surface area contributed by atoms with Gasteiger partial charge in [0, 0.05) is 44.3 Å². The van der Waals surface area contributed by atoms with Crippen LogP contribution in [0.5, 0.6) is 5.75 Å². The first-order chi connectivity index (χ1) is 16.9. The van der Waals surface area contributed by atoms with Crippen LogP contribution >= 0.6 is 7.52 Å². The van der Waals surface area contributed by atoms with Gasteiger partial charge in [0.15, 0.2) is 0 Å². The molecular formula is C26H30N5O3P. The number of carbonyl (C=O) groups excluding carboxylic acids is 1. The quantitative estimate of drug-likeness (QED) is 0.176. The van der Waals surface area contributed by atoms with Gasteiger partial charge in [0.25, 0.3) is 5.91 Å². The predicted molar refractivity (Wildman–Crippen MR) is 141 cm³/mol. The lowest BCUT2D eigenvalue weighted by Gasteiger charge is -2.17. The van der Waals surface area contributed by atoms with E-state index in [-0.39, 0.29) is 5.91 Å². The third-order valence-corrected chi connectivity index (χ3v) is 6.60. The van der Waals surface area contributed by atoms with Crippen LogP contribution < -0.4 is 19.8 Å². The third kappa shape index (κ3) is 8.21. The van der Waals surface area contributed by atoms with Gasteiger partial charge in [-0.15, -0.1) is 0 Å². The molecule has 0 aliphatic rings. The van der Waals surface area contributed by atoms with E-state index in [4.69, 9.17) is 4.52 Å². The first-order valence-electron chi connectivity index (χ1n) is 11.2. The van der Waals surface area contributed by atoms with Gasteiger partial charge in [-0.05, 0) is 67.1 Å². The standard InChI is InChI=1S/C26H30N5O3P/c1-4-35(33,34-25-9-6-5-7-10-25)28-20-8-19-27-26(32)21-11-13-22(14-12-21)29-30-23-15-17-24(18-16-23)31(2)3/h4-7,9-18H,1,8,19-20H2,2-3H3,(H,27,32)(H,28,33)/b30-29+. The average Bonchev–Trinajstić information content (AvgIpc) is 2.88. The number of carbonyl (C=O) groups is 1. The Balaban J connectivity index is 1.42. The van der Waals surface area contributed by atoms with Crippen molar-refractivity contribution < 1.29 is 13.9 Å². The number of nitrogens with one attached hydrogen (secondary N) is 2. The second-order valence-corrected chi connectivity index (χ2v) is 9.92. The Morgan fingerprint density at radius 2 is 1.54 bits per heavy atom. The summed E-state index contributed by atoms with van der Waals surface area (Å²) in [7, 11) is 0.755. The van der Waals surface area contributed by atoms with Crippen molar-refractivity contribution in [1.82, 2.24) is 10.4 Å². The van der Waals surface area contributed by atoms with Gasteiger partial charge < -0.3 is 14.7 Å². The van der Waals surface area contributed by atoms with E-state index in [2.05, 4.69) is 27.2 Å². The summed E-state index contributed by atoms with van der Waals surface area (Å²) in [5, 5.41) is 14.2. The van der Waals surface area contributed by atoms with Crippen LogP contribution in [0.2, 0.25) is 0 Å². The Kier molecular flexibility index (Phi) is 9.35. The van der Waals surface area contributed by atoms with Gasteiger partial charge >= 0.3 is 7.52 Å². The molecule has 1 atom stereocenters. The number of hydrogen-bond acceptors (Lipinski definition) is 6. The molecule has 3 aromatic carbocycles. The summed E-state index contributed by atoms with van der Waals surface area (Å²) in [6.45, 7) is 4.42. The molecule has 3 aromatic rings. The molecule has 0 aliphatic carbocycles. The highest BCUT2D eigenvalue weighted by molar-refractivity contribution is 7.60. The minimum Gasteiger partial charge on any atom is -0.430 e. The van der Waals surface area contributed by atoms with E-state index in [1.165, 1.54) is 5.82 Å². The van der Waals surface area contributed by atoms with Crippen molar-refractivity contribution in [3.05, 3.63) is 96.8 Å². The highest BCUT2D eigenvalue weighted by Gasteiger charge is 2.19. The van der Waals surface area contributed by atoms with Crippen molar-refractivity contribution in [2.24, 2.45) is 10.2 Å².